The van der Waals surface area contributed by atoms with E-state index in [0.29, 0.717) is 41.8 Å². The topological polar surface area (TPSA) is 334 Å². The highest BCUT2D eigenvalue weighted by molar-refractivity contribution is 7.99. The van der Waals surface area contributed by atoms with Crippen LogP contribution in [0.4, 0.5) is 4.79 Å². The molecule has 16 atom stereocenters. The quantitative estimate of drug-likeness (QED) is 0.0369. The van der Waals surface area contributed by atoms with Gasteiger partial charge in [-0.2, -0.15) is 0 Å². The molecule has 5 heterocycles. The molecule has 476 valence electrons. The minimum Gasteiger partial charge on any atom is -0.477 e. The number of nitrogens with zero attached hydrogens (tertiary/aromatic N) is 2. The molecule has 0 aliphatic carbocycles. The maximum atomic E-state index is 14.0. The Bertz CT molecular complexity index is 2430. The van der Waals surface area contributed by atoms with Gasteiger partial charge in [0.2, 0.25) is 12.2 Å². The average Bonchev–Trinajstić information content (AvgIpc) is 3.31. The number of carboxylic acids is 1. The highest BCUT2D eigenvalue weighted by Gasteiger charge is 2.48. The number of hydrogen-bond donors (Lipinski definition) is 9. The van der Waals surface area contributed by atoms with E-state index < -0.39 is 113 Å². The van der Waals surface area contributed by atoms with Crippen LogP contribution in [0.1, 0.15) is 138 Å². The van der Waals surface area contributed by atoms with Crippen molar-refractivity contribution in [3.05, 3.63) is 39.7 Å². The Kier molecular flexibility index (Phi) is 29.8. The van der Waals surface area contributed by atoms with Crippen molar-refractivity contribution in [1.29, 1.82) is 0 Å². The molecule has 4 aliphatic rings. The number of esters is 1. The third-order valence-corrected chi connectivity index (χ3v) is 16.2. The lowest BCUT2D eigenvalue weighted by Gasteiger charge is -2.43. The van der Waals surface area contributed by atoms with Gasteiger partial charge in [0.25, 0.3) is 0 Å². The fourth-order valence-corrected chi connectivity index (χ4v) is 11.9. The van der Waals surface area contributed by atoms with Crippen LogP contribution in [0, 0.1) is 29.6 Å². The molecule has 0 bridgehead atoms. The number of amides is 1. The lowest BCUT2D eigenvalue weighted by Crippen LogP contribution is -2.56. The van der Waals surface area contributed by atoms with E-state index in [1.165, 1.54) is 32.0 Å². The molecule has 3 fully saturated rings. The number of pyridine rings is 1. The second-order valence-electron chi connectivity index (χ2n) is 23.0. The number of carboxylic acid groups (broad SMARTS) is 1. The summed E-state index contributed by atoms with van der Waals surface area (Å²) in [6.07, 6.45) is -3.82. The first kappa shape index (κ1) is 73.2. The number of aliphatic hydroxyl groups excluding tert-OH is 4. The zero-order chi connectivity index (χ0) is 62.7. The predicted molar refractivity (Wildman–Crippen MR) is 311 cm³/mol. The number of alkyl carbamates (subject to hydrolysis) is 1. The predicted octanol–water partition coefficient (Wildman–Crippen LogP) is 5.09. The molecule has 9 N–H and O–H groups in total. The Labute approximate surface area is 493 Å². The van der Waals surface area contributed by atoms with Gasteiger partial charge >= 0.3 is 18.0 Å². The number of rotatable bonds is 15. The van der Waals surface area contributed by atoms with E-state index >= 15 is 0 Å². The van der Waals surface area contributed by atoms with Crippen molar-refractivity contribution >= 4 is 46.4 Å². The van der Waals surface area contributed by atoms with Crippen LogP contribution in [0.15, 0.2) is 33.2 Å². The minimum absolute atomic E-state index is 0.0865. The summed E-state index contributed by atoms with van der Waals surface area (Å²) in [6.45, 7) is 22.1. The van der Waals surface area contributed by atoms with Crippen LogP contribution in [0.5, 0.6) is 0 Å². The van der Waals surface area contributed by atoms with Gasteiger partial charge in [-0.15, -0.1) is 11.8 Å². The third-order valence-electron chi connectivity index (χ3n) is 15.2. The molecule has 2 aromatic rings. The number of aromatic carboxylic acids is 1. The molecule has 24 nitrogen and oxygen atoms in total. The fourth-order valence-electron chi connectivity index (χ4n) is 11.1. The van der Waals surface area contributed by atoms with Crippen LogP contribution in [0.2, 0.25) is 0 Å². The zero-order valence-electron chi connectivity index (χ0n) is 51.5. The maximum absolute atomic E-state index is 14.0. The molecule has 6 unspecified atom stereocenters. The van der Waals surface area contributed by atoms with E-state index in [9.17, 15) is 39.6 Å². The Morgan fingerprint density at radius 1 is 0.904 bits per heavy atom. The highest BCUT2D eigenvalue weighted by Crippen LogP contribution is 2.39. The number of methoxy groups -OCH3 is 1. The van der Waals surface area contributed by atoms with Crippen molar-refractivity contribution in [2.45, 2.75) is 205 Å². The Morgan fingerprint density at radius 2 is 1.57 bits per heavy atom. The molecule has 3 saturated heterocycles. The molecule has 1 amide bonds. The number of carbonyl (C=O) groups is 3. The van der Waals surface area contributed by atoms with Crippen molar-refractivity contribution in [3.63, 3.8) is 0 Å². The van der Waals surface area contributed by atoms with E-state index in [4.69, 9.17) is 58.1 Å². The van der Waals surface area contributed by atoms with Gasteiger partial charge in [0.05, 0.1) is 67.0 Å². The Balaban J connectivity index is 0.00000114. The molecule has 1 aromatic carbocycles. The van der Waals surface area contributed by atoms with Gasteiger partial charge in [-0.05, 0) is 113 Å². The number of hydrogen-bond acceptors (Lipinski definition) is 22. The van der Waals surface area contributed by atoms with Gasteiger partial charge in [0.1, 0.15) is 35.2 Å². The van der Waals surface area contributed by atoms with E-state index in [-0.39, 0.29) is 63.4 Å². The number of aromatic nitrogens is 1. The summed E-state index contributed by atoms with van der Waals surface area (Å²) in [5.74, 6) is -4.12. The molecule has 0 saturated carbocycles. The lowest BCUT2D eigenvalue weighted by molar-refractivity contribution is -0.262. The molecule has 83 heavy (non-hydrogen) atoms. The molecule has 0 radical (unpaired) electrons. The lowest BCUT2D eigenvalue weighted by atomic mass is 9.75. The van der Waals surface area contributed by atoms with Gasteiger partial charge in [0, 0.05) is 72.7 Å². The van der Waals surface area contributed by atoms with Gasteiger partial charge in [-0.3, -0.25) is 9.59 Å². The van der Waals surface area contributed by atoms with E-state index in [0.717, 1.165) is 24.0 Å². The number of carbonyl (C=O) groups excluding carboxylic acids is 2. The molecule has 1 aromatic heterocycles. The van der Waals surface area contributed by atoms with E-state index in [1.54, 1.807) is 45.3 Å². The number of ether oxygens (including phenoxy) is 8. The Hall–Kier alpha value is -4.06. The zero-order valence-corrected chi connectivity index (χ0v) is 52.4. The van der Waals surface area contributed by atoms with Crippen molar-refractivity contribution < 1.29 is 92.9 Å². The molecular weight excluding hydrogens is 1100 g/mol. The Morgan fingerprint density at radius 3 is 2.16 bits per heavy atom. The van der Waals surface area contributed by atoms with Crippen LogP contribution < -0.4 is 16.1 Å². The average molecular weight is 1200 g/mol. The summed E-state index contributed by atoms with van der Waals surface area (Å²) in [6, 6.07) is 3.65. The first-order valence-electron chi connectivity index (χ1n) is 28.6. The summed E-state index contributed by atoms with van der Waals surface area (Å²) in [5, 5.41) is 79.8. The monoisotopic (exact) mass is 1200 g/mol. The van der Waals surface area contributed by atoms with Gasteiger partial charge in [0.15, 0.2) is 12.6 Å². The maximum Gasteiger partial charge on any atom is 0.407 e. The van der Waals surface area contributed by atoms with Crippen LogP contribution in [0.25, 0.3) is 10.9 Å². The third kappa shape index (κ3) is 20.5. The van der Waals surface area contributed by atoms with Crippen LogP contribution in [-0.4, -0.2) is 191 Å². The molecule has 6 rings (SSSR count). The van der Waals surface area contributed by atoms with E-state index in [2.05, 4.69) is 15.8 Å². The number of oxime groups is 1. The van der Waals surface area contributed by atoms with Crippen molar-refractivity contribution in [3.8, 4) is 0 Å². The largest absolute Gasteiger partial charge is 0.477 e. The van der Waals surface area contributed by atoms with Crippen LogP contribution in [-0.2, 0) is 59.9 Å². The van der Waals surface area contributed by atoms with Crippen LogP contribution >= 0.6 is 11.8 Å². The molecule has 0 spiro atoms. The summed E-state index contributed by atoms with van der Waals surface area (Å²) < 4.78 is 48.1. The smallest absolute Gasteiger partial charge is 0.407 e. The fraction of sp³-hybridized carbons (Fsp3) is 0.776. The molecule has 4 aliphatic heterocycles. The molecular formula is C58H98N4O20S. The number of nitrogens with one attached hydrogen (secondary N) is 2. The summed E-state index contributed by atoms with van der Waals surface area (Å²) >= 11 is 1.45. The normalized spacial score (nSPS) is 33.3. The SMILES string of the molecule is CC[C@H]1OC(=O)C(C)[C@@H](O[C@H]2CC(C)[C@@H](OC(=O)NCCOCCSc3cc4c5c(c3)c(=O)c(C(=O)O)cn5C(C)(C)OC4)C(C)O2)[C@H](C)C[C@](C)(O)C[C@@H](C)/C(=N\OCOC)C(C)C(O)[C@]1(C)O.CNC.CO.C[C@@H]1CCC(O)[C@H](O)O1. The number of benzene rings is 1. The van der Waals surface area contributed by atoms with Gasteiger partial charge in [-0.25, -0.2) is 9.59 Å². The van der Waals surface area contributed by atoms with Crippen LogP contribution in [0.3, 0.4) is 0 Å². The van der Waals surface area contributed by atoms with Gasteiger partial charge < -0.3 is 93.7 Å². The van der Waals surface area contributed by atoms with E-state index in [1.807, 2.05) is 61.7 Å². The number of aliphatic hydroxyl groups is 6. The van der Waals surface area contributed by atoms with Crippen molar-refractivity contribution in [2.75, 3.05) is 60.6 Å². The van der Waals surface area contributed by atoms with Gasteiger partial charge in [-0.1, -0.05) is 39.8 Å². The highest BCUT2D eigenvalue weighted by atomic mass is 32.2. The standard InChI is InChI=1S/C49H75N3O16S.C6H12O3.C2H7N.CH4O/c1-13-36-49(11,60)43(54)29(5)38(51-64-25-61-12)27(3)21-48(10,59)22-28(4)41(30(6)45(57)66-36)67-37-18-26(2)42(31(7)65-37)68-46(58)50-14-15-62-16-17-69-33-19-32-24-63-47(8,9)52-23-35(44(55)56)40(53)34(20-33)39(32)52;1-4-2-3-5(7)6(8)9-4;1-3-2;1-2/h19-20,23,26-31,36-37,41-43,54,59-60H,13-18,21-22,24-25H2,1-12H3,(H,50,58)(H,55,56);4-8H,2-3H2,1H3;3H,1-2H3;2H,1H3/b51-38+;;;/t26?,27-,28-,29?,30?,31?,36-,37+,41+,42-,43?,48-,49-;4-,5?,6-;;/m11../s1. The first-order chi connectivity index (χ1) is 38.9. The number of cyclic esters (lactones) is 1. The first-order valence-corrected chi connectivity index (χ1v) is 29.6. The summed E-state index contributed by atoms with van der Waals surface area (Å²) in [7, 11) is 6.20. The minimum atomic E-state index is -1.90. The van der Waals surface area contributed by atoms with Crippen molar-refractivity contribution in [2.24, 2.45) is 34.7 Å². The number of thioether (sulfide) groups is 1. The second kappa shape index (κ2) is 33.7. The second-order valence-corrected chi connectivity index (χ2v) is 24.2. The summed E-state index contributed by atoms with van der Waals surface area (Å²) in [4.78, 5) is 58.1. The van der Waals surface area contributed by atoms with Crippen molar-refractivity contribution in [1.82, 2.24) is 15.2 Å². The molecule has 25 heteroatoms. The summed E-state index contributed by atoms with van der Waals surface area (Å²) in [5.41, 5.74) is -3.06.